The molecule has 1 aromatic heterocycles. The number of para-hydroxylation sites is 1. The molecule has 0 radical (unpaired) electrons. The van der Waals surface area contributed by atoms with Crippen molar-refractivity contribution in [2.45, 2.75) is 26.3 Å². The number of anilines is 1. The summed E-state index contributed by atoms with van der Waals surface area (Å²) in [5.74, 6) is 0.663. The van der Waals surface area contributed by atoms with Gasteiger partial charge >= 0.3 is 0 Å². The molecule has 0 N–H and O–H groups in total. The monoisotopic (exact) mass is 256 g/mol. The summed E-state index contributed by atoms with van der Waals surface area (Å²) in [6, 6.07) is 12.1. The van der Waals surface area contributed by atoms with Crippen LogP contribution in [0.3, 0.4) is 0 Å². The molecule has 2 rings (SSSR count). The van der Waals surface area contributed by atoms with Gasteiger partial charge in [0.1, 0.15) is 0 Å². The molecule has 2 aromatic rings. The van der Waals surface area contributed by atoms with Crippen molar-refractivity contribution >= 4 is 5.95 Å². The number of nitriles is 1. The van der Waals surface area contributed by atoms with Crippen LogP contribution in [-0.4, -0.2) is 32.8 Å². The highest BCUT2D eigenvalue weighted by Crippen LogP contribution is 2.17. The third-order valence-electron chi connectivity index (χ3n) is 2.80. The first-order valence-corrected chi connectivity index (χ1v) is 6.21. The van der Waals surface area contributed by atoms with Gasteiger partial charge in [0.25, 0.3) is 5.95 Å². The number of aromatic nitrogens is 4. The van der Waals surface area contributed by atoms with Gasteiger partial charge in [-0.3, -0.25) is 0 Å². The van der Waals surface area contributed by atoms with E-state index in [1.165, 1.54) is 0 Å². The van der Waals surface area contributed by atoms with Crippen molar-refractivity contribution in [3.63, 3.8) is 0 Å². The number of hydrogen-bond acceptors (Lipinski definition) is 5. The Morgan fingerprint density at radius 3 is 2.68 bits per heavy atom. The lowest BCUT2D eigenvalue weighted by atomic mass is 10.3. The number of hydrogen-bond donors (Lipinski definition) is 0. The van der Waals surface area contributed by atoms with Crippen molar-refractivity contribution in [3.05, 3.63) is 30.3 Å². The molecule has 0 aliphatic heterocycles. The minimum Gasteiger partial charge on any atom is -0.336 e. The summed E-state index contributed by atoms with van der Waals surface area (Å²) in [5, 5.41) is 20.6. The van der Waals surface area contributed by atoms with E-state index in [-0.39, 0.29) is 6.04 Å². The smallest absolute Gasteiger partial charge is 0.250 e. The molecule has 0 aliphatic rings. The number of tetrazole rings is 1. The van der Waals surface area contributed by atoms with Crippen LogP contribution in [0.5, 0.6) is 0 Å². The molecule has 0 fully saturated rings. The minimum atomic E-state index is 0.224. The van der Waals surface area contributed by atoms with Crippen LogP contribution >= 0.6 is 0 Å². The van der Waals surface area contributed by atoms with Crippen molar-refractivity contribution in [2.75, 3.05) is 11.4 Å². The predicted octanol–water partition coefficient (Wildman–Crippen LogP) is 1.79. The van der Waals surface area contributed by atoms with Crippen LogP contribution < -0.4 is 4.90 Å². The average Bonchev–Trinajstić information content (AvgIpc) is 2.89. The second-order valence-corrected chi connectivity index (χ2v) is 4.42. The van der Waals surface area contributed by atoms with Gasteiger partial charge in [0.05, 0.1) is 18.2 Å². The summed E-state index contributed by atoms with van der Waals surface area (Å²) >= 11 is 0. The Morgan fingerprint density at radius 2 is 2.05 bits per heavy atom. The summed E-state index contributed by atoms with van der Waals surface area (Å²) in [6.45, 7) is 4.73. The largest absolute Gasteiger partial charge is 0.336 e. The maximum atomic E-state index is 8.75. The van der Waals surface area contributed by atoms with Crippen molar-refractivity contribution in [3.8, 4) is 11.8 Å². The van der Waals surface area contributed by atoms with Gasteiger partial charge < -0.3 is 4.90 Å². The molecule has 1 heterocycles. The van der Waals surface area contributed by atoms with Gasteiger partial charge in [-0.15, -0.1) is 0 Å². The molecular formula is C13H16N6. The highest BCUT2D eigenvalue weighted by molar-refractivity contribution is 5.41. The molecule has 0 spiro atoms. The van der Waals surface area contributed by atoms with Gasteiger partial charge in [-0.05, 0) is 36.4 Å². The Kier molecular flexibility index (Phi) is 4.08. The van der Waals surface area contributed by atoms with Crippen molar-refractivity contribution in [2.24, 2.45) is 0 Å². The molecule has 0 saturated carbocycles. The Labute approximate surface area is 112 Å². The van der Waals surface area contributed by atoms with Crippen LogP contribution in [-0.2, 0) is 0 Å². The maximum absolute atomic E-state index is 8.75. The molecule has 0 unspecified atom stereocenters. The normalized spacial score (nSPS) is 10.4. The summed E-state index contributed by atoms with van der Waals surface area (Å²) in [5.41, 5.74) is 0.908. The quantitative estimate of drug-likeness (QED) is 0.815. The molecule has 6 heteroatoms. The standard InChI is InChI=1S/C13H16N6/c1-11(2)18(10-6-9-14)13-15-16-17-19(13)12-7-4-3-5-8-12/h3-5,7-8,11H,6,10H2,1-2H3. The van der Waals surface area contributed by atoms with E-state index >= 15 is 0 Å². The molecule has 6 nitrogen and oxygen atoms in total. The van der Waals surface area contributed by atoms with E-state index in [0.29, 0.717) is 18.9 Å². The Morgan fingerprint density at radius 1 is 1.32 bits per heavy atom. The van der Waals surface area contributed by atoms with E-state index < -0.39 is 0 Å². The second-order valence-electron chi connectivity index (χ2n) is 4.42. The van der Waals surface area contributed by atoms with Gasteiger partial charge in [-0.1, -0.05) is 23.3 Å². The number of nitrogens with zero attached hydrogens (tertiary/aromatic N) is 6. The molecule has 0 bridgehead atoms. The lowest BCUT2D eigenvalue weighted by Crippen LogP contribution is -2.34. The molecule has 0 aliphatic carbocycles. The fourth-order valence-electron chi connectivity index (χ4n) is 1.86. The zero-order valence-electron chi connectivity index (χ0n) is 11.1. The summed E-state index contributed by atoms with van der Waals surface area (Å²) in [6.07, 6.45) is 0.444. The van der Waals surface area contributed by atoms with E-state index in [9.17, 15) is 0 Å². The molecule has 0 atom stereocenters. The lowest BCUT2D eigenvalue weighted by molar-refractivity contribution is 0.651. The highest BCUT2D eigenvalue weighted by atomic mass is 15.6. The second kappa shape index (κ2) is 5.96. The SMILES string of the molecule is CC(C)N(CCC#N)c1nnnn1-c1ccccc1. The highest BCUT2D eigenvalue weighted by Gasteiger charge is 2.18. The van der Waals surface area contributed by atoms with Crippen LogP contribution in [0, 0.1) is 11.3 Å². The van der Waals surface area contributed by atoms with Gasteiger partial charge in [0.15, 0.2) is 0 Å². The van der Waals surface area contributed by atoms with Gasteiger partial charge in [-0.25, -0.2) is 0 Å². The molecule has 0 saturated heterocycles. The topological polar surface area (TPSA) is 70.6 Å². The molecule has 98 valence electrons. The summed E-state index contributed by atoms with van der Waals surface area (Å²) in [7, 11) is 0. The molecular weight excluding hydrogens is 240 g/mol. The predicted molar refractivity (Wildman–Crippen MR) is 71.9 cm³/mol. The molecule has 19 heavy (non-hydrogen) atoms. The van der Waals surface area contributed by atoms with Crippen molar-refractivity contribution in [1.29, 1.82) is 5.26 Å². The Bertz CT molecular complexity index is 554. The van der Waals surface area contributed by atoms with E-state index in [4.69, 9.17) is 5.26 Å². The fraction of sp³-hybridized carbons (Fsp3) is 0.385. The first-order chi connectivity index (χ1) is 9.24. The van der Waals surface area contributed by atoms with Gasteiger partial charge in [-0.2, -0.15) is 9.94 Å². The van der Waals surface area contributed by atoms with Crippen molar-refractivity contribution in [1.82, 2.24) is 20.2 Å². The zero-order chi connectivity index (χ0) is 13.7. The van der Waals surface area contributed by atoms with E-state index in [1.807, 2.05) is 35.2 Å². The Hall–Kier alpha value is -2.42. The Balaban J connectivity index is 2.35. The summed E-state index contributed by atoms with van der Waals surface area (Å²) in [4.78, 5) is 2.02. The van der Waals surface area contributed by atoms with Crippen molar-refractivity contribution < 1.29 is 0 Å². The first kappa shape index (κ1) is 13.0. The van der Waals surface area contributed by atoms with Crippen LogP contribution in [0.15, 0.2) is 30.3 Å². The average molecular weight is 256 g/mol. The third kappa shape index (κ3) is 2.88. The van der Waals surface area contributed by atoms with E-state index in [1.54, 1.807) is 4.68 Å². The zero-order valence-corrected chi connectivity index (χ0v) is 11.1. The fourth-order valence-corrected chi connectivity index (χ4v) is 1.86. The van der Waals surface area contributed by atoms with Crippen LogP contribution in [0.25, 0.3) is 5.69 Å². The van der Waals surface area contributed by atoms with Crippen LogP contribution in [0.2, 0.25) is 0 Å². The van der Waals surface area contributed by atoms with Gasteiger partial charge in [0.2, 0.25) is 0 Å². The number of benzene rings is 1. The van der Waals surface area contributed by atoms with E-state index in [2.05, 4.69) is 35.4 Å². The number of rotatable bonds is 5. The van der Waals surface area contributed by atoms with E-state index in [0.717, 1.165) is 5.69 Å². The molecule has 1 aromatic carbocycles. The summed E-state index contributed by atoms with van der Waals surface area (Å²) < 4.78 is 1.69. The van der Waals surface area contributed by atoms with Gasteiger partial charge in [0, 0.05) is 12.6 Å². The maximum Gasteiger partial charge on any atom is 0.250 e. The first-order valence-electron chi connectivity index (χ1n) is 6.21. The lowest BCUT2D eigenvalue weighted by Gasteiger charge is -2.25. The van der Waals surface area contributed by atoms with Crippen LogP contribution in [0.4, 0.5) is 5.95 Å². The minimum absolute atomic E-state index is 0.224. The third-order valence-corrected chi connectivity index (χ3v) is 2.80. The molecule has 0 amide bonds. The van der Waals surface area contributed by atoms with Crippen LogP contribution in [0.1, 0.15) is 20.3 Å².